The second-order valence-corrected chi connectivity index (χ2v) is 9.07. The first-order valence-corrected chi connectivity index (χ1v) is 11.6. The van der Waals surface area contributed by atoms with Crippen molar-refractivity contribution >= 4 is 57.9 Å². The van der Waals surface area contributed by atoms with Gasteiger partial charge in [0.25, 0.3) is 5.91 Å². The fourth-order valence-electron chi connectivity index (χ4n) is 3.81. The molecule has 2 heterocycles. The van der Waals surface area contributed by atoms with Crippen molar-refractivity contribution in [2.24, 2.45) is 0 Å². The molecule has 0 saturated carbocycles. The SMILES string of the molecule is CCOC(=O)Cn1c(C)c(/C=C2\SC(Nc3ccc(Cl)cc3C)NC2=O)c2ccccc21. The monoisotopic (exact) mass is 469 g/mol. The van der Waals surface area contributed by atoms with Crippen LogP contribution in [0.5, 0.6) is 0 Å². The molecule has 1 aliphatic rings. The summed E-state index contributed by atoms with van der Waals surface area (Å²) < 4.78 is 7.07. The van der Waals surface area contributed by atoms with Crippen molar-refractivity contribution in [2.45, 2.75) is 32.8 Å². The van der Waals surface area contributed by atoms with Crippen LogP contribution in [-0.2, 0) is 20.9 Å². The smallest absolute Gasteiger partial charge is 0.325 e. The molecule has 0 spiro atoms. The van der Waals surface area contributed by atoms with E-state index in [9.17, 15) is 9.59 Å². The Morgan fingerprint density at radius 1 is 1.28 bits per heavy atom. The number of para-hydroxylation sites is 1. The first-order chi connectivity index (χ1) is 15.4. The number of benzene rings is 2. The predicted octanol–water partition coefficient (Wildman–Crippen LogP) is 5.07. The van der Waals surface area contributed by atoms with Crippen LogP contribution >= 0.6 is 23.4 Å². The zero-order valence-electron chi connectivity index (χ0n) is 18.1. The lowest BCUT2D eigenvalue weighted by molar-refractivity contribution is -0.143. The number of nitrogens with zero attached hydrogens (tertiary/aromatic N) is 1. The van der Waals surface area contributed by atoms with Crippen molar-refractivity contribution in [3.63, 3.8) is 0 Å². The number of aromatic nitrogens is 1. The van der Waals surface area contributed by atoms with E-state index in [1.54, 1.807) is 6.92 Å². The van der Waals surface area contributed by atoms with Crippen LogP contribution in [0.4, 0.5) is 5.69 Å². The highest BCUT2D eigenvalue weighted by molar-refractivity contribution is 8.05. The lowest BCUT2D eigenvalue weighted by Crippen LogP contribution is -2.31. The standard InChI is InChI=1S/C24H24ClN3O3S/c1-4-31-22(29)13-28-15(3)18(17-7-5-6-8-20(17)28)12-21-23(30)27-24(32-21)26-19-10-9-16(25)11-14(19)2/h5-12,24,26H,4,13H2,1-3H3,(H,27,30)/b21-12-. The van der Waals surface area contributed by atoms with Gasteiger partial charge in [0.15, 0.2) is 5.50 Å². The Bertz CT molecular complexity index is 1230. The zero-order chi connectivity index (χ0) is 22.8. The maximum atomic E-state index is 12.7. The normalized spacial score (nSPS) is 17.1. The van der Waals surface area contributed by atoms with Crippen molar-refractivity contribution in [1.82, 2.24) is 9.88 Å². The molecule has 0 aliphatic carbocycles. The Hall–Kier alpha value is -2.90. The Morgan fingerprint density at radius 2 is 2.06 bits per heavy atom. The maximum Gasteiger partial charge on any atom is 0.325 e. The van der Waals surface area contributed by atoms with E-state index in [0.29, 0.717) is 16.5 Å². The van der Waals surface area contributed by atoms with Crippen LogP contribution < -0.4 is 10.6 Å². The summed E-state index contributed by atoms with van der Waals surface area (Å²) in [5, 5.41) is 7.97. The lowest BCUT2D eigenvalue weighted by Gasteiger charge is -2.15. The number of nitrogens with one attached hydrogen (secondary N) is 2. The fourth-order valence-corrected chi connectivity index (χ4v) is 4.99. The summed E-state index contributed by atoms with van der Waals surface area (Å²) in [5.74, 6) is -0.424. The highest BCUT2D eigenvalue weighted by Crippen LogP contribution is 2.35. The molecule has 1 aliphatic heterocycles. The number of fused-ring (bicyclic) bond motifs is 1. The number of thioether (sulfide) groups is 1. The summed E-state index contributed by atoms with van der Waals surface area (Å²) in [4.78, 5) is 25.4. The van der Waals surface area contributed by atoms with Crippen molar-refractivity contribution in [3.8, 4) is 0 Å². The van der Waals surface area contributed by atoms with E-state index >= 15 is 0 Å². The molecule has 1 amide bonds. The van der Waals surface area contributed by atoms with Gasteiger partial charge in [-0.15, -0.1) is 0 Å². The molecular formula is C24H24ClN3O3S. The number of hydrogen-bond donors (Lipinski definition) is 2. The van der Waals surface area contributed by atoms with Crippen LogP contribution in [0.1, 0.15) is 23.7 Å². The summed E-state index contributed by atoms with van der Waals surface area (Å²) in [7, 11) is 0. The van der Waals surface area contributed by atoms with Gasteiger partial charge in [0.2, 0.25) is 0 Å². The molecule has 32 heavy (non-hydrogen) atoms. The summed E-state index contributed by atoms with van der Waals surface area (Å²) in [6.07, 6.45) is 1.90. The van der Waals surface area contributed by atoms with E-state index in [-0.39, 0.29) is 23.9 Å². The molecule has 1 fully saturated rings. The number of rotatable bonds is 6. The van der Waals surface area contributed by atoms with Gasteiger partial charge in [-0.3, -0.25) is 9.59 Å². The highest BCUT2D eigenvalue weighted by Gasteiger charge is 2.28. The Kier molecular flexibility index (Phi) is 6.48. The summed E-state index contributed by atoms with van der Waals surface area (Å²) >= 11 is 7.47. The number of halogens is 1. The van der Waals surface area contributed by atoms with Gasteiger partial charge in [0.1, 0.15) is 6.54 Å². The third-order valence-corrected chi connectivity index (χ3v) is 6.62. The van der Waals surface area contributed by atoms with Crippen LogP contribution in [0, 0.1) is 13.8 Å². The number of aryl methyl sites for hydroxylation is 1. The number of hydrogen-bond acceptors (Lipinski definition) is 5. The van der Waals surface area contributed by atoms with Gasteiger partial charge in [0, 0.05) is 32.9 Å². The average Bonchev–Trinajstić information content (AvgIpc) is 3.22. The minimum atomic E-state index is -0.290. The topological polar surface area (TPSA) is 72.4 Å². The van der Waals surface area contributed by atoms with Crippen molar-refractivity contribution in [2.75, 3.05) is 11.9 Å². The minimum absolute atomic E-state index is 0.128. The van der Waals surface area contributed by atoms with Crippen molar-refractivity contribution < 1.29 is 14.3 Å². The van der Waals surface area contributed by atoms with E-state index < -0.39 is 0 Å². The number of ether oxygens (including phenoxy) is 1. The predicted molar refractivity (Wildman–Crippen MR) is 131 cm³/mol. The third-order valence-electron chi connectivity index (χ3n) is 5.35. The van der Waals surface area contributed by atoms with Gasteiger partial charge >= 0.3 is 5.97 Å². The molecule has 166 valence electrons. The number of anilines is 1. The molecule has 8 heteroatoms. The van der Waals surface area contributed by atoms with Gasteiger partial charge in [-0.1, -0.05) is 41.6 Å². The maximum absolute atomic E-state index is 12.7. The van der Waals surface area contributed by atoms with Crippen molar-refractivity contribution in [3.05, 3.63) is 69.2 Å². The van der Waals surface area contributed by atoms with Crippen LogP contribution in [0.25, 0.3) is 17.0 Å². The largest absolute Gasteiger partial charge is 0.465 e. The molecule has 1 atom stereocenters. The van der Waals surface area contributed by atoms with Gasteiger partial charge < -0.3 is 19.9 Å². The average molecular weight is 470 g/mol. The first-order valence-electron chi connectivity index (χ1n) is 10.3. The summed E-state index contributed by atoms with van der Waals surface area (Å²) in [5.41, 5.74) is 4.39. The molecule has 1 unspecified atom stereocenters. The van der Waals surface area contributed by atoms with Gasteiger partial charge in [0.05, 0.1) is 11.5 Å². The van der Waals surface area contributed by atoms with E-state index in [0.717, 1.165) is 33.4 Å². The third kappa shape index (κ3) is 4.49. The van der Waals surface area contributed by atoms with E-state index in [2.05, 4.69) is 10.6 Å². The van der Waals surface area contributed by atoms with Crippen LogP contribution in [0.15, 0.2) is 47.4 Å². The highest BCUT2D eigenvalue weighted by atomic mass is 35.5. The van der Waals surface area contributed by atoms with Crippen LogP contribution in [0.3, 0.4) is 0 Å². The number of amides is 1. The fraction of sp³-hybridized carbons (Fsp3) is 0.250. The summed E-state index contributed by atoms with van der Waals surface area (Å²) in [6, 6.07) is 13.5. The summed E-state index contributed by atoms with van der Waals surface area (Å²) in [6.45, 7) is 6.18. The van der Waals surface area contributed by atoms with Crippen molar-refractivity contribution in [1.29, 1.82) is 0 Å². The van der Waals surface area contributed by atoms with Crippen LogP contribution in [0.2, 0.25) is 5.02 Å². The first kappa shape index (κ1) is 22.3. The number of esters is 1. The quantitative estimate of drug-likeness (QED) is 0.389. The van der Waals surface area contributed by atoms with Crippen LogP contribution in [-0.4, -0.2) is 28.5 Å². The molecule has 4 rings (SSSR count). The van der Waals surface area contributed by atoms with Gasteiger partial charge in [-0.05, 0) is 56.7 Å². The molecule has 2 N–H and O–H groups in total. The van der Waals surface area contributed by atoms with E-state index in [1.165, 1.54) is 11.8 Å². The Morgan fingerprint density at radius 3 is 2.81 bits per heavy atom. The van der Waals surface area contributed by atoms with E-state index in [4.69, 9.17) is 16.3 Å². The molecule has 3 aromatic rings. The molecule has 6 nitrogen and oxygen atoms in total. The molecule has 2 aromatic carbocycles. The number of carbonyl (C=O) groups is 2. The van der Waals surface area contributed by atoms with Gasteiger partial charge in [-0.25, -0.2) is 0 Å². The van der Waals surface area contributed by atoms with E-state index in [1.807, 2.05) is 67.0 Å². The zero-order valence-corrected chi connectivity index (χ0v) is 19.6. The molecule has 0 radical (unpaired) electrons. The molecule has 1 aromatic heterocycles. The second kappa shape index (κ2) is 9.30. The second-order valence-electron chi connectivity index (χ2n) is 7.49. The number of carbonyl (C=O) groups excluding carboxylic acids is 2. The molecule has 0 bridgehead atoms. The Labute approximate surface area is 196 Å². The Balaban J connectivity index is 1.63. The molecule has 1 saturated heterocycles. The molecular weight excluding hydrogens is 446 g/mol. The van der Waals surface area contributed by atoms with Gasteiger partial charge in [-0.2, -0.15) is 0 Å². The minimum Gasteiger partial charge on any atom is -0.465 e. The lowest BCUT2D eigenvalue weighted by atomic mass is 10.1.